The average Bonchev–Trinajstić information content (AvgIpc) is 2.89. The van der Waals surface area contributed by atoms with Crippen LogP contribution < -0.4 is 5.32 Å². The van der Waals surface area contributed by atoms with E-state index in [4.69, 9.17) is 5.11 Å². The summed E-state index contributed by atoms with van der Waals surface area (Å²) in [4.78, 5) is 26.5. The molecule has 1 aliphatic rings. The highest BCUT2D eigenvalue weighted by Crippen LogP contribution is 2.27. The number of hydrogen-bond acceptors (Lipinski definition) is 5. The lowest BCUT2D eigenvalue weighted by Gasteiger charge is -2.27. The molecule has 19 heavy (non-hydrogen) atoms. The van der Waals surface area contributed by atoms with Gasteiger partial charge in [-0.05, 0) is 31.9 Å². The Balaban J connectivity index is 1.88. The summed E-state index contributed by atoms with van der Waals surface area (Å²) >= 11 is 2.95. The normalized spacial score (nSPS) is 23.0. The molecule has 0 unspecified atom stereocenters. The van der Waals surface area contributed by atoms with E-state index in [1.54, 1.807) is 0 Å². The Kier molecular flexibility index (Phi) is 4.81. The lowest BCUT2D eigenvalue weighted by atomic mass is 9.95. The zero-order chi connectivity index (χ0) is 13.8. The van der Waals surface area contributed by atoms with Crippen molar-refractivity contribution in [2.45, 2.75) is 37.0 Å². The molecule has 5 nitrogen and oxygen atoms in total. The molecule has 0 bridgehead atoms. The molecule has 0 saturated heterocycles. The lowest BCUT2D eigenvalue weighted by molar-refractivity contribution is 0.0691. The molecule has 0 radical (unpaired) electrons. The molecule has 1 aromatic heterocycles. The van der Waals surface area contributed by atoms with Crippen molar-refractivity contribution in [2.24, 2.45) is 0 Å². The van der Waals surface area contributed by atoms with Crippen molar-refractivity contribution in [3.63, 3.8) is 0 Å². The monoisotopic (exact) mass is 300 g/mol. The molecule has 1 aromatic rings. The van der Waals surface area contributed by atoms with Gasteiger partial charge in [-0.1, -0.05) is 0 Å². The average molecular weight is 300 g/mol. The number of nitrogens with zero attached hydrogens (tertiary/aromatic N) is 1. The van der Waals surface area contributed by atoms with E-state index in [0.29, 0.717) is 5.25 Å². The van der Waals surface area contributed by atoms with Crippen LogP contribution in [0.15, 0.2) is 5.38 Å². The Bertz CT molecular complexity index is 467. The highest BCUT2D eigenvalue weighted by molar-refractivity contribution is 7.99. The molecule has 1 aliphatic carbocycles. The van der Waals surface area contributed by atoms with Gasteiger partial charge >= 0.3 is 5.97 Å². The molecule has 1 saturated carbocycles. The van der Waals surface area contributed by atoms with Gasteiger partial charge in [-0.3, -0.25) is 4.79 Å². The molecular weight excluding hydrogens is 284 g/mol. The van der Waals surface area contributed by atoms with Gasteiger partial charge in [0.15, 0.2) is 10.7 Å². The van der Waals surface area contributed by atoms with E-state index in [-0.39, 0.29) is 22.7 Å². The maximum Gasteiger partial charge on any atom is 0.355 e. The quantitative estimate of drug-likeness (QED) is 0.891. The highest BCUT2D eigenvalue weighted by atomic mass is 32.2. The first kappa shape index (κ1) is 14.3. The summed E-state index contributed by atoms with van der Waals surface area (Å²) in [6.07, 6.45) is 6.31. The Morgan fingerprint density at radius 3 is 2.63 bits per heavy atom. The van der Waals surface area contributed by atoms with Crippen molar-refractivity contribution in [2.75, 3.05) is 6.26 Å². The molecule has 1 amide bonds. The molecule has 0 aromatic carbocycles. The number of thioether (sulfide) groups is 1. The number of thiazole rings is 1. The fourth-order valence-electron chi connectivity index (χ4n) is 2.17. The van der Waals surface area contributed by atoms with Crippen molar-refractivity contribution in [1.82, 2.24) is 10.3 Å². The molecule has 0 atom stereocenters. The molecule has 0 aliphatic heterocycles. The van der Waals surface area contributed by atoms with Crippen molar-refractivity contribution >= 4 is 35.0 Å². The van der Waals surface area contributed by atoms with E-state index in [0.717, 1.165) is 37.0 Å². The maximum absolute atomic E-state index is 11.9. The van der Waals surface area contributed by atoms with Crippen LogP contribution in [0.3, 0.4) is 0 Å². The first-order valence-electron chi connectivity index (χ1n) is 6.12. The van der Waals surface area contributed by atoms with E-state index in [2.05, 4.69) is 16.6 Å². The van der Waals surface area contributed by atoms with Gasteiger partial charge < -0.3 is 10.4 Å². The maximum atomic E-state index is 11.9. The van der Waals surface area contributed by atoms with Crippen LogP contribution in [0.4, 0.5) is 0 Å². The second-order valence-electron chi connectivity index (χ2n) is 4.53. The van der Waals surface area contributed by atoms with E-state index in [1.807, 2.05) is 11.8 Å². The second-order valence-corrected chi connectivity index (χ2v) is 6.52. The molecule has 2 N–H and O–H groups in total. The van der Waals surface area contributed by atoms with Crippen LogP contribution >= 0.6 is 23.1 Å². The van der Waals surface area contributed by atoms with Gasteiger partial charge in [0.25, 0.3) is 5.91 Å². The largest absolute Gasteiger partial charge is 0.476 e. The van der Waals surface area contributed by atoms with E-state index in [1.165, 1.54) is 5.38 Å². The summed E-state index contributed by atoms with van der Waals surface area (Å²) in [6, 6.07) is 0.188. The standard InChI is InChI=1S/C12H16N2O3S2/c1-18-8-4-2-7(3-5-8)13-10(15)11-14-9(6-19-11)12(16)17/h6-8H,2-5H2,1H3,(H,13,15)(H,16,17). The number of hydrogen-bond donors (Lipinski definition) is 2. The summed E-state index contributed by atoms with van der Waals surface area (Å²) in [6.45, 7) is 0. The highest BCUT2D eigenvalue weighted by Gasteiger charge is 2.23. The van der Waals surface area contributed by atoms with Gasteiger partial charge in [0, 0.05) is 16.7 Å². The Hall–Kier alpha value is -1.08. The topological polar surface area (TPSA) is 79.3 Å². The predicted molar refractivity (Wildman–Crippen MR) is 76.1 cm³/mol. The minimum absolute atomic E-state index is 0.0683. The van der Waals surface area contributed by atoms with Crippen LogP contribution in [-0.4, -0.2) is 39.5 Å². The SMILES string of the molecule is CSC1CCC(NC(=O)c2nc(C(=O)O)cs2)CC1. The van der Waals surface area contributed by atoms with Crippen LogP contribution in [0, 0.1) is 0 Å². The number of carbonyl (C=O) groups excluding carboxylic acids is 1. The zero-order valence-corrected chi connectivity index (χ0v) is 12.2. The van der Waals surface area contributed by atoms with Crippen LogP contribution in [0.5, 0.6) is 0 Å². The van der Waals surface area contributed by atoms with Gasteiger partial charge in [-0.2, -0.15) is 11.8 Å². The molecule has 1 fully saturated rings. The van der Waals surface area contributed by atoms with Gasteiger partial charge in [0.05, 0.1) is 0 Å². The first-order chi connectivity index (χ1) is 9.10. The number of carboxylic acids is 1. The van der Waals surface area contributed by atoms with Crippen molar-refractivity contribution in [1.29, 1.82) is 0 Å². The van der Waals surface area contributed by atoms with E-state index in [9.17, 15) is 9.59 Å². The van der Waals surface area contributed by atoms with E-state index >= 15 is 0 Å². The Labute approximate surface area is 119 Å². The number of carbonyl (C=O) groups is 2. The Morgan fingerprint density at radius 2 is 2.11 bits per heavy atom. The Morgan fingerprint density at radius 1 is 1.42 bits per heavy atom. The predicted octanol–water partition coefficient (Wildman–Crippen LogP) is 2.25. The number of rotatable bonds is 4. The van der Waals surface area contributed by atoms with Crippen LogP contribution in [-0.2, 0) is 0 Å². The van der Waals surface area contributed by atoms with Crippen LogP contribution in [0.25, 0.3) is 0 Å². The van der Waals surface area contributed by atoms with Crippen molar-refractivity contribution < 1.29 is 14.7 Å². The van der Waals surface area contributed by atoms with Crippen LogP contribution in [0.1, 0.15) is 46.0 Å². The van der Waals surface area contributed by atoms with E-state index < -0.39 is 5.97 Å². The van der Waals surface area contributed by atoms with Gasteiger partial charge in [0.2, 0.25) is 0 Å². The second kappa shape index (κ2) is 6.38. The van der Waals surface area contributed by atoms with Crippen LogP contribution in [0.2, 0.25) is 0 Å². The molecule has 2 rings (SSSR count). The molecular formula is C12H16N2O3S2. The summed E-state index contributed by atoms with van der Waals surface area (Å²) in [5.41, 5.74) is -0.0683. The molecule has 1 heterocycles. The number of aromatic nitrogens is 1. The summed E-state index contributed by atoms with van der Waals surface area (Å²) < 4.78 is 0. The minimum Gasteiger partial charge on any atom is -0.476 e. The third kappa shape index (κ3) is 3.70. The molecule has 104 valence electrons. The number of aromatic carboxylic acids is 1. The smallest absolute Gasteiger partial charge is 0.355 e. The van der Waals surface area contributed by atoms with Gasteiger partial charge in [0.1, 0.15) is 0 Å². The van der Waals surface area contributed by atoms with Gasteiger partial charge in [-0.25, -0.2) is 9.78 Å². The zero-order valence-electron chi connectivity index (χ0n) is 10.6. The van der Waals surface area contributed by atoms with Crippen molar-refractivity contribution in [3.8, 4) is 0 Å². The minimum atomic E-state index is -1.10. The third-order valence-corrected chi connectivity index (χ3v) is 5.24. The fourth-order valence-corrected chi connectivity index (χ4v) is 3.60. The lowest BCUT2D eigenvalue weighted by Crippen LogP contribution is -2.38. The van der Waals surface area contributed by atoms with Crippen molar-refractivity contribution in [3.05, 3.63) is 16.1 Å². The number of nitrogens with one attached hydrogen (secondary N) is 1. The molecule has 0 spiro atoms. The van der Waals surface area contributed by atoms with Gasteiger partial charge in [-0.15, -0.1) is 11.3 Å². The summed E-state index contributed by atoms with van der Waals surface area (Å²) in [7, 11) is 0. The molecule has 7 heteroatoms. The number of amides is 1. The third-order valence-electron chi connectivity index (χ3n) is 3.26. The fraction of sp³-hybridized carbons (Fsp3) is 0.583. The summed E-state index contributed by atoms with van der Waals surface area (Å²) in [5.74, 6) is -1.36. The first-order valence-corrected chi connectivity index (χ1v) is 8.29. The number of carboxylic acid groups (broad SMARTS) is 1. The summed E-state index contributed by atoms with van der Waals surface area (Å²) in [5, 5.41) is 14.0.